The van der Waals surface area contributed by atoms with Gasteiger partial charge in [-0.3, -0.25) is 0 Å². The van der Waals surface area contributed by atoms with Gasteiger partial charge in [-0.2, -0.15) is 0 Å². The van der Waals surface area contributed by atoms with Crippen LogP contribution in [0.2, 0.25) is 0 Å². The van der Waals surface area contributed by atoms with E-state index in [1.165, 1.54) is 19.3 Å². The van der Waals surface area contributed by atoms with Crippen LogP contribution in [-0.2, 0) is 11.3 Å². The molecule has 2 aliphatic rings. The van der Waals surface area contributed by atoms with E-state index in [1.807, 2.05) is 12.1 Å². The molecule has 1 spiro atoms. The van der Waals surface area contributed by atoms with Crippen LogP contribution in [0.3, 0.4) is 0 Å². The molecule has 17 heavy (non-hydrogen) atoms. The van der Waals surface area contributed by atoms with Crippen LogP contribution >= 0.6 is 0 Å². The Labute approximate surface area is 103 Å². The molecule has 1 heterocycles. The molecule has 0 radical (unpaired) electrons. The highest BCUT2D eigenvalue weighted by molar-refractivity contribution is 5.12. The first-order valence-electron chi connectivity index (χ1n) is 6.72. The fourth-order valence-corrected chi connectivity index (χ4v) is 3.36. The molecule has 3 rings (SSSR count). The maximum absolute atomic E-state index is 5.84. The van der Waals surface area contributed by atoms with Gasteiger partial charge in [0.05, 0.1) is 18.9 Å². The number of hydrogen-bond acceptors (Lipinski definition) is 3. The summed E-state index contributed by atoms with van der Waals surface area (Å²) in [6.07, 6.45) is 7.41. The van der Waals surface area contributed by atoms with Crippen LogP contribution in [0.5, 0.6) is 0 Å². The van der Waals surface area contributed by atoms with Gasteiger partial charge in [-0.15, -0.1) is 0 Å². The fourth-order valence-electron chi connectivity index (χ4n) is 3.36. The maximum Gasteiger partial charge on any atom is 0.117 e. The van der Waals surface area contributed by atoms with E-state index < -0.39 is 0 Å². The Bertz CT molecular complexity index is 356. The summed E-state index contributed by atoms with van der Waals surface area (Å²) in [5.41, 5.74) is 0.447. The van der Waals surface area contributed by atoms with E-state index in [0.29, 0.717) is 17.6 Å². The Balaban J connectivity index is 1.55. The van der Waals surface area contributed by atoms with E-state index >= 15 is 0 Å². The zero-order valence-corrected chi connectivity index (χ0v) is 10.4. The third-order valence-corrected chi connectivity index (χ3v) is 4.54. The highest BCUT2D eigenvalue weighted by atomic mass is 16.5. The lowest BCUT2D eigenvalue weighted by atomic mass is 9.51. The molecule has 3 nitrogen and oxygen atoms in total. The number of rotatable bonds is 5. The van der Waals surface area contributed by atoms with E-state index in [-0.39, 0.29) is 0 Å². The smallest absolute Gasteiger partial charge is 0.117 e. The molecule has 0 bridgehead atoms. The van der Waals surface area contributed by atoms with Crippen LogP contribution in [0.15, 0.2) is 22.8 Å². The first-order chi connectivity index (χ1) is 8.35. The predicted octanol–water partition coefficient (Wildman–Crippen LogP) is 2.72. The van der Waals surface area contributed by atoms with Crippen molar-refractivity contribution in [3.8, 4) is 0 Å². The van der Waals surface area contributed by atoms with Crippen molar-refractivity contribution < 1.29 is 9.15 Å². The van der Waals surface area contributed by atoms with Crippen LogP contribution in [0.25, 0.3) is 0 Å². The van der Waals surface area contributed by atoms with Gasteiger partial charge in [0.2, 0.25) is 0 Å². The van der Waals surface area contributed by atoms with Crippen LogP contribution in [-0.4, -0.2) is 18.8 Å². The minimum absolute atomic E-state index is 0.447. The van der Waals surface area contributed by atoms with E-state index in [4.69, 9.17) is 9.15 Å². The minimum atomic E-state index is 0.447. The third-order valence-electron chi connectivity index (χ3n) is 4.54. The average molecular weight is 235 g/mol. The van der Waals surface area contributed by atoms with Crippen LogP contribution < -0.4 is 5.32 Å². The zero-order chi connectivity index (χ0) is 11.7. The van der Waals surface area contributed by atoms with Crippen LogP contribution in [0.1, 0.15) is 38.4 Å². The molecular formula is C14H21NO2. The van der Waals surface area contributed by atoms with Gasteiger partial charge >= 0.3 is 0 Å². The molecular weight excluding hydrogens is 214 g/mol. The number of hydrogen-bond donors (Lipinski definition) is 1. The summed E-state index contributed by atoms with van der Waals surface area (Å²) in [6.45, 7) is 3.78. The van der Waals surface area contributed by atoms with Crippen molar-refractivity contribution in [2.24, 2.45) is 5.41 Å². The summed E-state index contributed by atoms with van der Waals surface area (Å²) >= 11 is 0. The molecule has 2 unspecified atom stereocenters. The maximum atomic E-state index is 5.84. The van der Waals surface area contributed by atoms with Gasteiger partial charge in [-0.05, 0) is 38.3 Å². The summed E-state index contributed by atoms with van der Waals surface area (Å²) in [7, 11) is 0. The van der Waals surface area contributed by atoms with Gasteiger partial charge in [0, 0.05) is 18.1 Å². The molecule has 1 N–H and O–H groups in total. The number of nitrogens with one attached hydrogen (secondary N) is 1. The molecule has 2 atom stereocenters. The average Bonchev–Trinajstić information content (AvgIpc) is 2.72. The normalized spacial score (nSPS) is 29.9. The van der Waals surface area contributed by atoms with Crippen molar-refractivity contribution in [1.82, 2.24) is 5.32 Å². The quantitative estimate of drug-likeness (QED) is 0.852. The molecule has 2 fully saturated rings. The minimum Gasteiger partial charge on any atom is -0.468 e. The lowest BCUT2D eigenvalue weighted by Crippen LogP contribution is -2.66. The molecule has 2 saturated carbocycles. The first-order valence-corrected chi connectivity index (χ1v) is 6.72. The molecule has 0 amide bonds. The molecule has 3 heteroatoms. The Hall–Kier alpha value is -0.800. The van der Waals surface area contributed by atoms with Gasteiger partial charge in [-0.25, -0.2) is 0 Å². The van der Waals surface area contributed by atoms with E-state index in [9.17, 15) is 0 Å². The van der Waals surface area contributed by atoms with E-state index in [1.54, 1.807) is 6.26 Å². The molecule has 0 aromatic carbocycles. The van der Waals surface area contributed by atoms with Crippen LogP contribution in [0.4, 0.5) is 0 Å². The Morgan fingerprint density at radius 1 is 1.53 bits per heavy atom. The predicted molar refractivity (Wildman–Crippen MR) is 65.7 cm³/mol. The van der Waals surface area contributed by atoms with Crippen molar-refractivity contribution in [3.63, 3.8) is 0 Å². The van der Waals surface area contributed by atoms with Gasteiger partial charge in [-0.1, -0.05) is 6.42 Å². The van der Waals surface area contributed by atoms with Crippen molar-refractivity contribution >= 4 is 0 Å². The summed E-state index contributed by atoms with van der Waals surface area (Å²) < 4.78 is 11.2. The lowest BCUT2D eigenvalue weighted by molar-refractivity contribution is -0.173. The van der Waals surface area contributed by atoms with E-state index in [0.717, 1.165) is 25.3 Å². The monoisotopic (exact) mass is 235 g/mol. The van der Waals surface area contributed by atoms with E-state index in [2.05, 4.69) is 12.2 Å². The Morgan fingerprint density at radius 2 is 2.41 bits per heavy atom. The molecule has 1 aromatic heterocycles. The molecule has 2 aliphatic carbocycles. The second-order valence-corrected chi connectivity index (χ2v) is 5.28. The van der Waals surface area contributed by atoms with Crippen molar-refractivity contribution in [2.45, 2.75) is 51.3 Å². The number of furan rings is 1. The topological polar surface area (TPSA) is 34.4 Å². The Morgan fingerprint density at radius 3 is 3.00 bits per heavy atom. The summed E-state index contributed by atoms with van der Waals surface area (Å²) in [6, 6.07) is 4.59. The van der Waals surface area contributed by atoms with Crippen molar-refractivity contribution in [3.05, 3.63) is 24.2 Å². The summed E-state index contributed by atoms with van der Waals surface area (Å²) in [5.74, 6) is 1.03. The van der Waals surface area contributed by atoms with Gasteiger partial charge < -0.3 is 14.5 Å². The van der Waals surface area contributed by atoms with Crippen LogP contribution in [0, 0.1) is 5.41 Å². The molecule has 1 aromatic rings. The van der Waals surface area contributed by atoms with Gasteiger partial charge in [0.1, 0.15) is 5.76 Å². The second kappa shape index (κ2) is 4.46. The fraction of sp³-hybridized carbons (Fsp3) is 0.714. The van der Waals surface area contributed by atoms with Crippen molar-refractivity contribution in [1.29, 1.82) is 0 Å². The molecule has 0 saturated heterocycles. The Kier molecular flexibility index (Phi) is 2.97. The molecule has 0 aliphatic heterocycles. The zero-order valence-electron chi connectivity index (χ0n) is 10.4. The summed E-state index contributed by atoms with van der Waals surface area (Å²) in [4.78, 5) is 0. The van der Waals surface area contributed by atoms with Gasteiger partial charge in [0.15, 0.2) is 0 Å². The van der Waals surface area contributed by atoms with Gasteiger partial charge in [0.25, 0.3) is 0 Å². The summed E-state index contributed by atoms with van der Waals surface area (Å²) in [5, 5.41) is 3.63. The standard InChI is InChI=1S/C14H21NO2/c1-2-16-13-9-12(14(13)6-4-7-14)15-10-11-5-3-8-17-11/h3,5,8,12-13,15H,2,4,6-7,9-10H2,1H3. The number of ether oxygens (including phenoxy) is 1. The van der Waals surface area contributed by atoms with Crippen molar-refractivity contribution in [2.75, 3.05) is 6.61 Å². The molecule has 94 valence electrons. The SMILES string of the molecule is CCOC1CC(NCc2ccco2)C12CCC2. The third kappa shape index (κ3) is 1.81. The first kappa shape index (κ1) is 11.3. The highest BCUT2D eigenvalue weighted by Gasteiger charge is 2.58. The lowest BCUT2D eigenvalue weighted by Gasteiger charge is -2.61. The largest absolute Gasteiger partial charge is 0.468 e. The highest BCUT2D eigenvalue weighted by Crippen LogP contribution is 2.57. The second-order valence-electron chi connectivity index (χ2n) is 5.28.